The number of esters is 1. The monoisotopic (exact) mass is 543 g/mol. The Balaban J connectivity index is 1.89. The minimum Gasteiger partial charge on any atom is -0.493 e. The molecule has 3 rings (SSSR count). The Morgan fingerprint density at radius 3 is 2.50 bits per heavy atom. The van der Waals surface area contributed by atoms with Gasteiger partial charge in [0.15, 0.2) is 11.5 Å². The van der Waals surface area contributed by atoms with Crippen LogP contribution in [0, 0.1) is 13.8 Å². The Bertz CT molecular complexity index is 1250. The molecule has 0 atom stereocenters. The summed E-state index contributed by atoms with van der Waals surface area (Å²) in [6.07, 6.45) is 3.06. The van der Waals surface area contributed by atoms with Gasteiger partial charge in [-0.25, -0.2) is 4.79 Å². The first-order valence-corrected chi connectivity index (χ1v) is 12.2. The van der Waals surface area contributed by atoms with Crippen molar-refractivity contribution in [2.75, 3.05) is 26.1 Å². The van der Waals surface area contributed by atoms with E-state index < -0.39 is 5.97 Å². The van der Waals surface area contributed by atoms with Gasteiger partial charge in [0.25, 0.3) is 0 Å². The molecule has 2 aromatic carbocycles. The fraction of sp³-hybridized carbons (Fsp3) is 0.231. The third-order valence-corrected chi connectivity index (χ3v) is 6.69. The van der Waals surface area contributed by atoms with E-state index in [2.05, 4.69) is 21.2 Å². The Kier molecular flexibility index (Phi) is 8.52. The number of rotatable bonds is 8. The van der Waals surface area contributed by atoms with Crippen LogP contribution in [0.15, 0.2) is 46.3 Å². The molecule has 1 aromatic heterocycles. The van der Waals surface area contributed by atoms with Gasteiger partial charge in [-0.3, -0.25) is 4.79 Å². The van der Waals surface area contributed by atoms with Crippen LogP contribution in [0.4, 0.5) is 5.00 Å². The van der Waals surface area contributed by atoms with Crippen molar-refractivity contribution in [1.29, 1.82) is 0 Å². The number of amides is 1. The third kappa shape index (κ3) is 5.69. The second-order valence-electron chi connectivity index (χ2n) is 7.43. The van der Waals surface area contributed by atoms with Gasteiger partial charge in [-0.15, -0.1) is 11.3 Å². The Morgan fingerprint density at radius 1 is 1.09 bits per heavy atom. The minimum absolute atomic E-state index is 0.239. The maximum atomic E-state index is 12.8. The molecule has 0 saturated heterocycles. The number of methoxy groups -OCH3 is 2. The first-order valence-electron chi connectivity index (χ1n) is 10.6. The summed E-state index contributed by atoms with van der Waals surface area (Å²) in [5, 5.41) is 5.13. The van der Waals surface area contributed by atoms with Crippen molar-refractivity contribution in [2.45, 2.75) is 20.8 Å². The molecule has 1 amide bonds. The zero-order valence-electron chi connectivity index (χ0n) is 19.7. The Hall–Kier alpha value is -3.10. The summed E-state index contributed by atoms with van der Waals surface area (Å²) in [4.78, 5) is 25.5. The molecule has 0 radical (unpaired) electrons. The lowest BCUT2D eigenvalue weighted by molar-refractivity contribution is -0.111. The van der Waals surface area contributed by atoms with Crippen molar-refractivity contribution in [3.63, 3.8) is 0 Å². The molecule has 0 aliphatic rings. The molecule has 34 heavy (non-hydrogen) atoms. The fourth-order valence-electron chi connectivity index (χ4n) is 3.34. The summed E-state index contributed by atoms with van der Waals surface area (Å²) in [6, 6.07) is 9.59. The molecule has 1 N–H and O–H groups in total. The number of carbonyl (C=O) groups excluding carboxylic acids is 2. The van der Waals surface area contributed by atoms with Crippen LogP contribution < -0.4 is 14.8 Å². The van der Waals surface area contributed by atoms with Crippen LogP contribution >= 0.6 is 27.3 Å². The molecular weight excluding hydrogens is 518 g/mol. The number of hydrogen-bond donors (Lipinski definition) is 1. The van der Waals surface area contributed by atoms with E-state index >= 15 is 0 Å². The van der Waals surface area contributed by atoms with E-state index in [9.17, 15) is 9.59 Å². The van der Waals surface area contributed by atoms with E-state index in [1.165, 1.54) is 17.4 Å². The molecular formula is C26H26BrNO5S. The SMILES string of the molecule is CCOC(=O)c1c(-c2ccc(C)c(C)c2)csc1NC(=O)/C=C/c1cc(Br)c(OC)c(OC)c1. The second kappa shape index (κ2) is 11.4. The lowest BCUT2D eigenvalue weighted by atomic mass is 9.99. The summed E-state index contributed by atoms with van der Waals surface area (Å²) >= 11 is 4.73. The van der Waals surface area contributed by atoms with Crippen molar-refractivity contribution < 1.29 is 23.8 Å². The van der Waals surface area contributed by atoms with Crippen LogP contribution in [0.3, 0.4) is 0 Å². The molecule has 0 unspecified atom stereocenters. The van der Waals surface area contributed by atoms with Gasteiger partial charge < -0.3 is 19.5 Å². The number of anilines is 1. The lowest BCUT2D eigenvalue weighted by Gasteiger charge is -2.10. The van der Waals surface area contributed by atoms with Gasteiger partial charge in [0.05, 0.1) is 25.3 Å². The Morgan fingerprint density at radius 2 is 1.85 bits per heavy atom. The van der Waals surface area contributed by atoms with Gasteiger partial charge in [0.2, 0.25) is 5.91 Å². The molecule has 178 valence electrons. The lowest BCUT2D eigenvalue weighted by Crippen LogP contribution is -2.12. The van der Waals surface area contributed by atoms with Gasteiger partial charge in [0, 0.05) is 17.0 Å². The first kappa shape index (κ1) is 25.5. The topological polar surface area (TPSA) is 73.9 Å². The van der Waals surface area contributed by atoms with Crippen LogP contribution in [0.2, 0.25) is 0 Å². The van der Waals surface area contributed by atoms with Crippen LogP contribution in [0.5, 0.6) is 11.5 Å². The number of ether oxygens (including phenoxy) is 3. The summed E-state index contributed by atoms with van der Waals surface area (Å²) in [5.41, 5.74) is 5.01. The van der Waals surface area contributed by atoms with Gasteiger partial charge in [-0.05, 0) is 77.2 Å². The van der Waals surface area contributed by atoms with E-state index in [4.69, 9.17) is 14.2 Å². The number of benzene rings is 2. The van der Waals surface area contributed by atoms with Crippen molar-refractivity contribution in [2.24, 2.45) is 0 Å². The highest BCUT2D eigenvalue weighted by Crippen LogP contribution is 2.38. The Labute approximate surface area is 211 Å². The van der Waals surface area contributed by atoms with E-state index in [-0.39, 0.29) is 12.5 Å². The van der Waals surface area contributed by atoms with Crippen LogP contribution in [0.1, 0.15) is 34.0 Å². The average Bonchev–Trinajstić information content (AvgIpc) is 3.22. The van der Waals surface area contributed by atoms with Gasteiger partial charge >= 0.3 is 5.97 Å². The van der Waals surface area contributed by atoms with Gasteiger partial charge in [0.1, 0.15) is 10.6 Å². The van der Waals surface area contributed by atoms with Gasteiger partial charge in [-0.1, -0.05) is 18.2 Å². The number of nitrogens with one attached hydrogen (secondary N) is 1. The third-order valence-electron chi connectivity index (χ3n) is 5.21. The standard InChI is InChI=1S/C26H26BrNO5S/c1-6-33-26(30)23-19(18-9-7-15(2)16(3)11-18)14-34-25(23)28-22(29)10-8-17-12-20(27)24(32-5)21(13-17)31-4/h7-14H,6H2,1-5H3,(H,28,29)/b10-8+. The number of hydrogen-bond acceptors (Lipinski definition) is 6. The molecule has 0 aliphatic heterocycles. The highest BCUT2D eigenvalue weighted by atomic mass is 79.9. The molecule has 0 saturated carbocycles. The van der Waals surface area contributed by atoms with Crippen LogP contribution in [0.25, 0.3) is 17.2 Å². The summed E-state index contributed by atoms with van der Waals surface area (Å²) < 4.78 is 16.6. The quantitative estimate of drug-likeness (QED) is 0.254. The smallest absolute Gasteiger partial charge is 0.341 e. The normalized spacial score (nSPS) is 10.9. The van der Waals surface area contributed by atoms with Crippen molar-refractivity contribution in [3.8, 4) is 22.6 Å². The van der Waals surface area contributed by atoms with E-state index in [1.54, 1.807) is 33.3 Å². The number of carbonyl (C=O) groups is 2. The van der Waals surface area contributed by atoms with Crippen LogP contribution in [-0.2, 0) is 9.53 Å². The fourth-order valence-corrected chi connectivity index (χ4v) is 4.92. The highest BCUT2D eigenvalue weighted by molar-refractivity contribution is 9.10. The molecule has 0 spiro atoms. The molecule has 0 aliphatic carbocycles. The molecule has 6 nitrogen and oxygen atoms in total. The van der Waals surface area contributed by atoms with Gasteiger partial charge in [-0.2, -0.15) is 0 Å². The number of aryl methyl sites for hydroxylation is 2. The maximum absolute atomic E-state index is 12.8. The van der Waals surface area contributed by atoms with Crippen LogP contribution in [-0.4, -0.2) is 32.7 Å². The molecule has 3 aromatic rings. The van der Waals surface area contributed by atoms with E-state index in [0.717, 1.165) is 27.8 Å². The van der Waals surface area contributed by atoms with E-state index in [0.29, 0.717) is 26.5 Å². The molecule has 8 heteroatoms. The summed E-state index contributed by atoms with van der Waals surface area (Å²) in [5.74, 6) is 0.267. The van der Waals surface area contributed by atoms with Crippen molar-refractivity contribution in [3.05, 3.63) is 68.5 Å². The predicted octanol–water partition coefficient (Wildman–Crippen LogP) is 6.64. The average molecular weight is 544 g/mol. The number of halogens is 1. The zero-order valence-corrected chi connectivity index (χ0v) is 22.1. The van der Waals surface area contributed by atoms with Crippen molar-refractivity contribution >= 4 is 50.2 Å². The molecule has 0 fully saturated rings. The predicted molar refractivity (Wildman–Crippen MR) is 140 cm³/mol. The van der Waals surface area contributed by atoms with E-state index in [1.807, 2.05) is 43.5 Å². The second-order valence-corrected chi connectivity index (χ2v) is 9.17. The minimum atomic E-state index is -0.472. The highest BCUT2D eigenvalue weighted by Gasteiger charge is 2.22. The summed E-state index contributed by atoms with van der Waals surface area (Å²) in [7, 11) is 3.10. The largest absolute Gasteiger partial charge is 0.493 e. The molecule has 1 heterocycles. The van der Waals surface area contributed by atoms with Crippen molar-refractivity contribution in [1.82, 2.24) is 0 Å². The zero-order chi connectivity index (χ0) is 24.8. The number of thiophene rings is 1. The first-order chi connectivity index (χ1) is 16.3. The summed E-state index contributed by atoms with van der Waals surface area (Å²) in [6.45, 7) is 6.05. The maximum Gasteiger partial charge on any atom is 0.341 e. The molecule has 0 bridgehead atoms.